The quantitative estimate of drug-likeness (QED) is 0.888. The van der Waals surface area contributed by atoms with Crippen LogP contribution in [0.4, 0.5) is 0 Å². The molecule has 0 bridgehead atoms. The predicted molar refractivity (Wildman–Crippen MR) is 74.1 cm³/mol. The van der Waals surface area contributed by atoms with E-state index in [9.17, 15) is 4.79 Å². The molecule has 2 rings (SSSR count). The zero-order chi connectivity index (χ0) is 13.2. The van der Waals surface area contributed by atoms with Crippen molar-refractivity contribution in [3.05, 3.63) is 35.9 Å². The SMILES string of the molecule is CC1CCCC(C(=O)C(C)(N)c2ccccc2)C1. The monoisotopic (exact) mass is 245 g/mol. The molecule has 1 aromatic carbocycles. The summed E-state index contributed by atoms with van der Waals surface area (Å²) >= 11 is 0. The van der Waals surface area contributed by atoms with Gasteiger partial charge in [-0.15, -0.1) is 0 Å². The fourth-order valence-electron chi connectivity index (χ4n) is 3.02. The fraction of sp³-hybridized carbons (Fsp3) is 0.562. The highest BCUT2D eigenvalue weighted by molar-refractivity contribution is 5.91. The van der Waals surface area contributed by atoms with Crippen molar-refractivity contribution in [2.24, 2.45) is 17.6 Å². The van der Waals surface area contributed by atoms with Gasteiger partial charge in [0, 0.05) is 5.92 Å². The maximum absolute atomic E-state index is 12.6. The molecule has 18 heavy (non-hydrogen) atoms. The van der Waals surface area contributed by atoms with Crippen LogP contribution in [0.15, 0.2) is 30.3 Å². The Kier molecular flexibility index (Phi) is 3.86. The summed E-state index contributed by atoms with van der Waals surface area (Å²) in [5, 5.41) is 0. The first kappa shape index (κ1) is 13.3. The number of hydrogen-bond donors (Lipinski definition) is 1. The molecule has 0 aliphatic heterocycles. The summed E-state index contributed by atoms with van der Waals surface area (Å²) in [7, 11) is 0. The van der Waals surface area contributed by atoms with Gasteiger partial charge in [-0.2, -0.15) is 0 Å². The molecule has 2 N–H and O–H groups in total. The maximum Gasteiger partial charge on any atom is 0.159 e. The lowest BCUT2D eigenvalue weighted by Gasteiger charge is -2.32. The molecule has 1 aliphatic carbocycles. The minimum atomic E-state index is -0.844. The highest BCUT2D eigenvalue weighted by Crippen LogP contribution is 2.33. The van der Waals surface area contributed by atoms with E-state index in [1.165, 1.54) is 6.42 Å². The van der Waals surface area contributed by atoms with E-state index in [4.69, 9.17) is 5.73 Å². The van der Waals surface area contributed by atoms with Crippen LogP contribution >= 0.6 is 0 Å². The molecule has 0 spiro atoms. The second kappa shape index (κ2) is 5.23. The lowest BCUT2D eigenvalue weighted by Crippen LogP contribution is -2.46. The van der Waals surface area contributed by atoms with Gasteiger partial charge in [0.15, 0.2) is 5.78 Å². The molecule has 3 unspecified atom stereocenters. The first-order valence-corrected chi connectivity index (χ1v) is 6.90. The number of ketones is 1. The van der Waals surface area contributed by atoms with Crippen molar-refractivity contribution in [3.8, 4) is 0 Å². The first-order chi connectivity index (χ1) is 8.51. The van der Waals surface area contributed by atoms with Gasteiger partial charge < -0.3 is 5.73 Å². The molecule has 98 valence electrons. The maximum atomic E-state index is 12.6. The Morgan fingerprint density at radius 2 is 1.94 bits per heavy atom. The van der Waals surface area contributed by atoms with E-state index in [2.05, 4.69) is 6.92 Å². The molecular weight excluding hydrogens is 222 g/mol. The molecule has 3 atom stereocenters. The van der Waals surface area contributed by atoms with Gasteiger partial charge in [-0.05, 0) is 31.2 Å². The summed E-state index contributed by atoms with van der Waals surface area (Å²) in [6, 6.07) is 9.73. The van der Waals surface area contributed by atoms with Crippen molar-refractivity contribution < 1.29 is 4.79 Å². The third kappa shape index (κ3) is 2.64. The number of hydrogen-bond acceptors (Lipinski definition) is 2. The van der Waals surface area contributed by atoms with Crippen molar-refractivity contribution in [1.29, 1.82) is 0 Å². The van der Waals surface area contributed by atoms with Crippen LogP contribution < -0.4 is 5.73 Å². The zero-order valence-electron chi connectivity index (χ0n) is 11.4. The predicted octanol–water partition coefficient (Wildman–Crippen LogP) is 3.26. The van der Waals surface area contributed by atoms with Gasteiger partial charge >= 0.3 is 0 Å². The van der Waals surface area contributed by atoms with Crippen LogP contribution in [0.2, 0.25) is 0 Å². The lowest BCUT2D eigenvalue weighted by atomic mass is 9.73. The van der Waals surface area contributed by atoms with Crippen LogP contribution in [0.3, 0.4) is 0 Å². The Labute approximate surface area is 110 Å². The van der Waals surface area contributed by atoms with Gasteiger partial charge in [0.25, 0.3) is 0 Å². The van der Waals surface area contributed by atoms with E-state index in [0.717, 1.165) is 24.8 Å². The first-order valence-electron chi connectivity index (χ1n) is 6.90. The molecular formula is C16H23NO. The smallest absolute Gasteiger partial charge is 0.159 e. The van der Waals surface area contributed by atoms with Gasteiger partial charge in [-0.1, -0.05) is 50.1 Å². The number of Topliss-reactive ketones (excluding diaryl/α,β-unsaturated/α-hetero) is 1. The number of nitrogens with two attached hydrogens (primary N) is 1. The van der Waals surface area contributed by atoms with Crippen LogP contribution in [0.5, 0.6) is 0 Å². The zero-order valence-corrected chi connectivity index (χ0v) is 11.4. The summed E-state index contributed by atoms with van der Waals surface area (Å²) in [6.45, 7) is 4.08. The van der Waals surface area contributed by atoms with Crippen molar-refractivity contribution >= 4 is 5.78 Å². The molecule has 1 aromatic rings. The minimum Gasteiger partial charge on any atom is -0.315 e. The Bertz CT molecular complexity index is 410. The number of carbonyl (C=O) groups excluding carboxylic acids is 1. The highest BCUT2D eigenvalue weighted by atomic mass is 16.1. The van der Waals surface area contributed by atoms with E-state index >= 15 is 0 Å². The Morgan fingerprint density at radius 1 is 1.28 bits per heavy atom. The number of rotatable bonds is 3. The van der Waals surface area contributed by atoms with Crippen molar-refractivity contribution in [1.82, 2.24) is 0 Å². The van der Waals surface area contributed by atoms with Crippen molar-refractivity contribution in [2.45, 2.75) is 45.1 Å². The van der Waals surface area contributed by atoms with Gasteiger partial charge in [0.05, 0.1) is 5.54 Å². The molecule has 0 saturated heterocycles. The van der Waals surface area contributed by atoms with E-state index in [1.807, 2.05) is 37.3 Å². The molecule has 1 saturated carbocycles. The standard InChI is InChI=1S/C16H23NO/c1-12-7-6-8-13(11-12)15(18)16(2,17)14-9-4-3-5-10-14/h3-5,9-10,12-13H,6-8,11,17H2,1-2H3. The molecule has 2 heteroatoms. The largest absolute Gasteiger partial charge is 0.315 e. The molecule has 1 fully saturated rings. The molecule has 1 aliphatic rings. The third-order valence-corrected chi connectivity index (χ3v) is 4.19. The summed E-state index contributed by atoms with van der Waals surface area (Å²) in [4.78, 5) is 12.6. The molecule has 0 radical (unpaired) electrons. The average Bonchev–Trinajstić information content (AvgIpc) is 2.39. The Hall–Kier alpha value is -1.15. The average molecular weight is 245 g/mol. The summed E-state index contributed by atoms with van der Waals surface area (Å²) < 4.78 is 0. The van der Waals surface area contributed by atoms with Crippen LogP contribution in [-0.4, -0.2) is 5.78 Å². The van der Waals surface area contributed by atoms with Gasteiger partial charge in [-0.25, -0.2) is 0 Å². The van der Waals surface area contributed by atoms with E-state index in [-0.39, 0.29) is 11.7 Å². The molecule has 0 amide bonds. The van der Waals surface area contributed by atoms with E-state index < -0.39 is 5.54 Å². The van der Waals surface area contributed by atoms with Crippen LogP contribution in [0, 0.1) is 11.8 Å². The Morgan fingerprint density at radius 3 is 2.56 bits per heavy atom. The van der Waals surface area contributed by atoms with Crippen LogP contribution in [-0.2, 0) is 10.3 Å². The second-order valence-corrected chi connectivity index (χ2v) is 5.90. The van der Waals surface area contributed by atoms with Gasteiger partial charge in [0.1, 0.15) is 0 Å². The number of benzene rings is 1. The number of carbonyl (C=O) groups is 1. The summed E-state index contributed by atoms with van der Waals surface area (Å²) in [6.07, 6.45) is 4.40. The molecule has 0 aromatic heterocycles. The van der Waals surface area contributed by atoms with E-state index in [1.54, 1.807) is 0 Å². The van der Waals surface area contributed by atoms with E-state index in [0.29, 0.717) is 5.92 Å². The minimum absolute atomic E-state index is 0.143. The van der Waals surface area contributed by atoms with Crippen LogP contribution in [0.1, 0.15) is 45.1 Å². The highest BCUT2D eigenvalue weighted by Gasteiger charge is 2.37. The topological polar surface area (TPSA) is 43.1 Å². The lowest BCUT2D eigenvalue weighted by molar-refractivity contribution is -0.129. The molecule has 0 heterocycles. The van der Waals surface area contributed by atoms with Crippen molar-refractivity contribution in [3.63, 3.8) is 0 Å². The van der Waals surface area contributed by atoms with Gasteiger partial charge in [-0.3, -0.25) is 4.79 Å². The normalized spacial score (nSPS) is 27.5. The molecule has 2 nitrogen and oxygen atoms in total. The summed E-state index contributed by atoms with van der Waals surface area (Å²) in [5.41, 5.74) is 6.39. The van der Waals surface area contributed by atoms with Crippen LogP contribution in [0.25, 0.3) is 0 Å². The second-order valence-electron chi connectivity index (χ2n) is 5.90. The third-order valence-electron chi connectivity index (χ3n) is 4.19. The summed E-state index contributed by atoms with van der Waals surface area (Å²) in [5.74, 6) is 1.00. The Balaban J connectivity index is 2.17. The fourth-order valence-corrected chi connectivity index (χ4v) is 3.02. The van der Waals surface area contributed by atoms with Gasteiger partial charge in [0.2, 0.25) is 0 Å². The van der Waals surface area contributed by atoms with Crippen molar-refractivity contribution in [2.75, 3.05) is 0 Å².